The van der Waals surface area contributed by atoms with Crippen molar-refractivity contribution in [2.75, 3.05) is 34.4 Å². The van der Waals surface area contributed by atoms with Gasteiger partial charge in [0.1, 0.15) is 0 Å². The van der Waals surface area contributed by atoms with Crippen molar-refractivity contribution in [3.05, 3.63) is 0 Å². The molecule has 2 heteroatoms. The standard InChI is InChI=1S/C7H16.C5H13NO.C2H6/c1-4-5-6-7(2)3;1-6(2)4-5-7-3;1-2/h7H,4-6H2,1-3H3;4-5H2,1-3H3;1-2H3. The minimum atomic E-state index is 0.826. The molecule has 0 unspecified atom stereocenters. The first-order valence-corrected chi connectivity index (χ1v) is 6.68. The molecule has 0 saturated carbocycles. The summed E-state index contributed by atoms with van der Waals surface area (Å²) >= 11 is 0. The zero-order chi connectivity index (χ0) is 13.4. The molecule has 0 rings (SSSR count). The molecule has 0 aliphatic rings. The van der Waals surface area contributed by atoms with Crippen LogP contribution >= 0.6 is 0 Å². The lowest BCUT2D eigenvalue weighted by atomic mass is 10.1. The summed E-state index contributed by atoms with van der Waals surface area (Å²) < 4.78 is 4.81. The van der Waals surface area contributed by atoms with Crippen LogP contribution in [0.4, 0.5) is 0 Å². The highest BCUT2D eigenvalue weighted by atomic mass is 16.5. The maximum Gasteiger partial charge on any atom is 0.0589 e. The average Bonchev–Trinajstić information content (AvgIpc) is 2.27. The van der Waals surface area contributed by atoms with Crippen LogP contribution in [-0.4, -0.2) is 39.3 Å². The first-order chi connectivity index (χ1) is 7.54. The second-order valence-electron chi connectivity index (χ2n) is 4.33. The number of nitrogens with zero attached hydrogens (tertiary/aromatic N) is 1. The van der Waals surface area contributed by atoms with Gasteiger partial charge in [-0.2, -0.15) is 0 Å². The summed E-state index contributed by atoms with van der Waals surface area (Å²) in [4.78, 5) is 2.09. The number of rotatable bonds is 6. The van der Waals surface area contributed by atoms with Crippen LogP contribution in [0.2, 0.25) is 0 Å². The van der Waals surface area contributed by atoms with Crippen molar-refractivity contribution < 1.29 is 4.74 Å². The van der Waals surface area contributed by atoms with Crippen molar-refractivity contribution in [1.82, 2.24) is 4.90 Å². The fourth-order valence-electron chi connectivity index (χ4n) is 0.886. The van der Waals surface area contributed by atoms with Gasteiger partial charge in [-0.05, 0) is 20.0 Å². The van der Waals surface area contributed by atoms with E-state index in [1.807, 2.05) is 27.9 Å². The Balaban J connectivity index is -0.000000183. The van der Waals surface area contributed by atoms with Gasteiger partial charge in [0.15, 0.2) is 0 Å². The predicted molar refractivity (Wildman–Crippen MR) is 76.1 cm³/mol. The van der Waals surface area contributed by atoms with E-state index in [-0.39, 0.29) is 0 Å². The third-order valence-electron chi connectivity index (χ3n) is 1.88. The van der Waals surface area contributed by atoms with Gasteiger partial charge < -0.3 is 9.64 Å². The van der Waals surface area contributed by atoms with Gasteiger partial charge >= 0.3 is 0 Å². The third kappa shape index (κ3) is 37.0. The van der Waals surface area contributed by atoms with Gasteiger partial charge in [0.25, 0.3) is 0 Å². The highest BCUT2D eigenvalue weighted by Crippen LogP contribution is 2.04. The number of likely N-dealkylation sites (N-methyl/N-ethyl adjacent to an activating group) is 1. The summed E-state index contributed by atoms with van der Waals surface area (Å²) in [5.74, 6) is 0.903. The smallest absolute Gasteiger partial charge is 0.0589 e. The SMILES string of the molecule is CC.CCCCC(C)C.COCCN(C)C. The van der Waals surface area contributed by atoms with Crippen LogP contribution in [0, 0.1) is 5.92 Å². The Morgan fingerprint density at radius 1 is 1.12 bits per heavy atom. The molecule has 0 saturated heterocycles. The lowest BCUT2D eigenvalue weighted by Gasteiger charge is -2.06. The summed E-state index contributed by atoms with van der Waals surface area (Å²) in [5.41, 5.74) is 0. The first-order valence-electron chi connectivity index (χ1n) is 6.68. The number of hydrogen-bond donors (Lipinski definition) is 0. The highest BCUT2D eigenvalue weighted by molar-refractivity contribution is 4.42. The predicted octanol–water partition coefficient (Wildman–Crippen LogP) is 4.05. The van der Waals surface area contributed by atoms with E-state index in [2.05, 4.69) is 25.7 Å². The monoisotopic (exact) mass is 233 g/mol. The Morgan fingerprint density at radius 2 is 1.62 bits per heavy atom. The van der Waals surface area contributed by atoms with Crippen LogP contribution < -0.4 is 0 Å². The summed E-state index contributed by atoms with van der Waals surface area (Å²) in [7, 11) is 5.77. The lowest BCUT2D eigenvalue weighted by molar-refractivity contribution is 0.172. The van der Waals surface area contributed by atoms with Gasteiger partial charge in [-0.25, -0.2) is 0 Å². The van der Waals surface area contributed by atoms with Gasteiger partial charge in [0.05, 0.1) is 6.61 Å². The van der Waals surface area contributed by atoms with Crippen LogP contribution in [0.15, 0.2) is 0 Å². The van der Waals surface area contributed by atoms with Crippen LogP contribution in [0.25, 0.3) is 0 Å². The molecule has 0 aromatic rings. The van der Waals surface area contributed by atoms with E-state index in [4.69, 9.17) is 4.74 Å². The maximum atomic E-state index is 4.81. The molecule has 0 radical (unpaired) electrons. The molecule has 102 valence electrons. The summed E-state index contributed by atoms with van der Waals surface area (Å²) in [5, 5.41) is 0. The third-order valence-corrected chi connectivity index (χ3v) is 1.88. The van der Waals surface area contributed by atoms with Gasteiger partial charge in [-0.1, -0.05) is 53.9 Å². The molecule has 2 nitrogen and oxygen atoms in total. The molecule has 0 aromatic heterocycles. The normalized spacial score (nSPS) is 9.38. The second-order valence-corrected chi connectivity index (χ2v) is 4.33. The molecular weight excluding hydrogens is 198 g/mol. The maximum absolute atomic E-state index is 4.81. The summed E-state index contributed by atoms with van der Waals surface area (Å²) in [6.07, 6.45) is 4.15. The van der Waals surface area contributed by atoms with Crippen molar-refractivity contribution in [1.29, 1.82) is 0 Å². The van der Waals surface area contributed by atoms with Gasteiger partial charge in [0.2, 0.25) is 0 Å². The number of unbranched alkanes of at least 4 members (excludes halogenated alkanes) is 1. The van der Waals surface area contributed by atoms with E-state index in [1.165, 1.54) is 19.3 Å². The molecule has 0 heterocycles. The Hall–Kier alpha value is -0.0800. The van der Waals surface area contributed by atoms with E-state index in [9.17, 15) is 0 Å². The minimum Gasteiger partial charge on any atom is -0.383 e. The molecule has 0 fully saturated rings. The van der Waals surface area contributed by atoms with Crippen molar-refractivity contribution in [2.45, 2.75) is 53.9 Å². The van der Waals surface area contributed by atoms with Crippen LogP contribution in [0.3, 0.4) is 0 Å². The van der Waals surface area contributed by atoms with Gasteiger partial charge in [-0.15, -0.1) is 0 Å². The molecular formula is C14H35NO. The fraction of sp³-hybridized carbons (Fsp3) is 1.00. The van der Waals surface area contributed by atoms with E-state index < -0.39 is 0 Å². The molecule has 0 bridgehead atoms. The lowest BCUT2D eigenvalue weighted by Crippen LogP contribution is -2.16. The zero-order valence-electron chi connectivity index (χ0n) is 13.0. The number of hydrogen-bond acceptors (Lipinski definition) is 2. The van der Waals surface area contributed by atoms with Crippen LogP contribution in [0.1, 0.15) is 53.9 Å². The number of ether oxygens (including phenoxy) is 1. The van der Waals surface area contributed by atoms with Crippen LogP contribution in [0.5, 0.6) is 0 Å². The largest absolute Gasteiger partial charge is 0.383 e. The molecule has 0 N–H and O–H groups in total. The fourth-order valence-corrected chi connectivity index (χ4v) is 0.886. The average molecular weight is 233 g/mol. The molecule has 16 heavy (non-hydrogen) atoms. The molecule has 0 aromatic carbocycles. The Kier molecular flexibility index (Phi) is 27.0. The summed E-state index contributed by atoms with van der Waals surface area (Å²) in [6, 6.07) is 0. The molecule has 0 aliphatic heterocycles. The van der Waals surface area contributed by atoms with Crippen molar-refractivity contribution in [2.24, 2.45) is 5.92 Å². The molecule has 0 aliphatic carbocycles. The van der Waals surface area contributed by atoms with E-state index in [1.54, 1.807) is 7.11 Å². The highest BCUT2D eigenvalue weighted by Gasteiger charge is 1.88. The van der Waals surface area contributed by atoms with Gasteiger partial charge in [-0.3, -0.25) is 0 Å². The molecule has 0 amide bonds. The van der Waals surface area contributed by atoms with Crippen molar-refractivity contribution >= 4 is 0 Å². The zero-order valence-corrected chi connectivity index (χ0v) is 13.0. The molecule has 0 atom stereocenters. The Labute approximate surface area is 104 Å². The van der Waals surface area contributed by atoms with E-state index >= 15 is 0 Å². The van der Waals surface area contributed by atoms with Crippen LogP contribution in [-0.2, 0) is 4.74 Å². The Bertz CT molecular complexity index is 80.7. The quantitative estimate of drug-likeness (QED) is 0.686. The second kappa shape index (κ2) is 20.3. The summed E-state index contributed by atoms with van der Waals surface area (Å²) in [6.45, 7) is 12.6. The van der Waals surface area contributed by atoms with Crippen molar-refractivity contribution in [3.63, 3.8) is 0 Å². The van der Waals surface area contributed by atoms with Crippen molar-refractivity contribution in [3.8, 4) is 0 Å². The number of methoxy groups -OCH3 is 1. The van der Waals surface area contributed by atoms with E-state index in [0.29, 0.717) is 0 Å². The van der Waals surface area contributed by atoms with E-state index in [0.717, 1.165) is 19.1 Å². The minimum absolute atomic E-state index is 0.826. The van der Waals surface area contributed by atoms with Gasteiger partial charge in [0, 0.05) is 13.7 Å². The Morgan fingerprint density at radius 3 is 1.75 bits per heavy atom. The molecule has 0 spiro atoms. The topological polar surface area (TPSA) is 12.5 Å². The first kappa shape index (κ1) is 21.2.